The van der Waals surface area contributed by atoms with Crippen LogP contribution in [0, 0.1) is 0 Å². The fraction of sp³-hybridized carbons (Fsp3) is 0.714. The molecule has 0 aromatic rings. The third kappa shape index (κ3) is 43.0. The van der Waals surface area contributed by atoms with Gasteiger partial charge in [0.2, 0.25) is 0 Å². The predicted molar refractivity (Wildman–Crippen MR) is 78.8 cm³/mol. The first-order valence-electron chi connectivity index (χ1n) is 7.04. The average Bonchev–Trinajstić information content (AvgIpc) is 2.35. The molecule has 0 aromatic heterocycles. The molecule has 4 N–H and O–H groups in total. The highest BCUT2D eigenvalue weighted by Gasteiger charge is 1.99. The quantitative estimate of drug-likeness (QED) is 0.473. The van der Waals surface area contributed by atoms with E-state index in [0.717, 1.165) is 12.8 Å². The van der Waals surface area contributed by atoms with Crippen LogP contribution in [0.15, 0.2) is 0 Å². The number of carboxylic acids is 4. The van der Waals surface area contributed by atoms with Crippen molar-refractivity contribution in [3.05, 3.63) is 0 Å². The van der Waals surface area contributed by atoms with E-state index in [1.165, 1.54) is 0 Å². The summed E-state index contributed by atoms with van der Waals surface area (Å²) in [7, 11) is 0. The van der Waals surface area contributed by atoms with E-state index in [2.05, 4.69) is 0 Å². The molecule has 0 rings (SSSR count). The zero-order chi connectivity index (χ0) is 18.0. The summed E-state index contributed by atoms with van der Waals surface area (Å²) in [6, 6.07) is 0. The first-order valence-corrected chi connectivity index (χ1v) is 7.04. The van der Waals surface area contributed by atoms with Crippen molar-refractivity contribution in [1.29, 1.82) is 0 Å². The van der Waals surface area contributed by atoms with Crippen molar-refractivity contribution < 1.29 is 39.6 Å². The smallest absolute Gasteiger partial charge is 0.303 e. The summed E-state index contributed by atoms with van der Waals surface area (Å²) >= 11 is 0. The van der Waals surface area contributed by atoms with Gasteiger partial charge in [0.1, 0.15) is 0 Å². The molecule has 0 saturated heterocycles. The molecule has 0 unspecified atom stereocenters. The van der Waals surface area contributed by atoms with Crippen molar-refractivity contribution >= 4 is 23.9 Å². The Morgan fingerprint density at radius 3 is 0.864 bits per heavy atom. The Kier molecular flexibility index (Phi) is 21.3. The highest BCUT2D eigenvalue weighted by atomic mass is 16.4. The Bertz CT molecular complexity index is 293. The molecule has 0 radical (unpaired) electrons. The number of carboxylic acid groups (broad SMARTS) is 4. The molecule has 0 saturated carbocycles. The van der Waals surface area contributed by atoms with Gasteiger partial charge in [-0.15, -0.1) is 0 Å². The lowest BCUT2D eigenvalue weighted by molar-refractivity contribution is -0.139. The molecular formula is C14H26O8. The molecule has 130 valence electrons. The number of hydrogen-bond donors (Lipinski definition) is 4. The van der Waals surface area contributed by atoms with Gasteiger partial charge in [0.05, 0.1) is 0 Å². The molecule has 22 heavy (non-hydrogen) atoms. The molecule has 0 fully saturated rings. The number of hydrogen-bond acceptors (Lipinski definition) is 4. The lowest BCUT2D eigenvalue weighted by atomic mass is 10.2. The SMILES string of the molecule is CCCC(=O)O.CCCC(=O)O.O=C(O)CCCCC(=O)O. The number of aliphatic carboxylic acids is 4. The molecule has 0 atom stereocenters. The average molecular weight is 322 g/mol. The van der Waals surface area contributed by atoms with E-state index in [9.17, 15) is 19.2 Å². The normalized spacial score (nSPS) is 8.64. The summed E-state index contributed by atoms with van der Waals surface area (Å²) in [6.07, 6.45) is 3.06. The van der Waals surface area contributed by atoms with Crippen molar-refractivity contribution in [2.45, 2.75) is 65.2 Å². The number of rotatable bonds is 9. The van der Waals surface area contributed by atoms with Gasteiger partial charge in [-0.2, -0.15) is 0 Å². The molecule has 0 bridgehead atoms. The van der Waals surface area contributed by atoms with Gasteiger partial charge in [-0.3, -0.25) is 19.2 Å². The van der Waals surface area contributed by atoms with E-state index in [4.69, 9.17) is 20.4 Å². The van der Waals surface area contributed by atoms with Crippen LogP contribution < -0.4 is 0 Å². The van der Waals surface area contributed by atoms with E-state index >= 15 is 0 Å². The third-order valence-corrected chi connectivity index (χ3v) is 1.96. The van der Waals surface area contributed by atoms with E-state index < -0.39 is 23.9 Å². The van der Waals surface area contributed by atoms with Crippen LogP contribution in [-0.2, 0) is 19.2 Å². The van der Waals surface area contributed by atoms with E-state index in [0.29, 0.717) is 25.7 Å². The second-order valence-corrected chi connectivity index (χ2v) is 4.28. The molecule has 0 aliphatic heterocycles. The van der Waals surface area contributed by atoms with Gasteiger partial charge in [-0.25, -0.2) is 0 Å². The molecule has 0 heterocycles. The predicted octanol–water partition coefficient (Wildman–Crippen LogP) is 2.46. The summed E-state index contributed by atoms with van der Waals surface area (Å²) in [5.41, 5.74) is 0. The zero-order valence-electron chi connectivity index (χ0n) is 13.1. The molecule has 0 aliphatic carbocycles. The molecule has 0 spiro atoms. The van der Waals surface area contributed by atoms with Crippen molar-refractivity contribution in [3.8, 4) is 0 Å². The highest BCUT2D eigenvalue weighted by molar-refractivity contribution is 5.68. The number of carbonyl (C=O) groups is 4. The van der Waals surface area contributed by atoms with Crippen LogP contribution in [0.2, 0.25) is 0 Å². The summed E-state index contributed by atoms with van der Waals surface area (Å²) in [6.45, 7) is 3.68. The lowest BCUT2D eigenvalue weighted by Crippen LogP contribution is -1.97. The Morgan fingerprint density at radius 2 is 0.773 bits per heavy atom. The summed E-state index contributed by atoms with van der Waals surface area (Å²) in [4.78, 5) is 39.0. The molecule has 8 nitrogen and oxygen atoms in total. The van der Waals surface area contributed by atoms with Crippen molar-refractivity contribution in [2.24, 2.45) is 0 Å². The Balaban J connectivity index is -0.000000261. The Labute approximate surface area is 129 Å². The van der Waals surface area contributed by atoms with Crippen LogP contribution in [-0.4, -0.2) is 44.3 Å². The van der Waals surface area contributed by atoms with E-state index in [1.807, 2.05) is 13.8 Å². The van der Waals surface area contributed by atoms with Crippen molar-refractivity contribution in [1.82, 2.24) is 0 Å². The second-order valence-electron chi connectivity index (χ2n) is 4.28. The van der Waals surface area contributed by atoms with E-state index in [1.54, 1.807) is 0 Å². The Hall–Kier alpha value is -2.12. The largest absolute Gasteiger partial charge is 0.481 e. The molecule has 0 aromatic carbocycles. The lowest BCUT2D eigenvalue weighted by Gasteiger charge is -1.92. The van der Waals surface area contributed by atoms with Crippen molar-refractivity contribution in [2.75, 3.05) is 0 Å². The van der Waals surface area contributed by atoms with Crippen LogP contribution in [0.3, 0.4) is 0 Å². The molecular weight excluding hydrogens is 296 g/mol. The van der Waals surface area contributed by atoms with Gasteiger partial charge in [0.15, 0.2) is 0 Å². The van der Waals surface area contributed by atoms with Gasteiger partial charge < -0.3 is 20.4 Å². The van der Waals surface area contributed by atoms with Gasteiger partial charge in [0, 0.05) is 25.7 Å². The highest BCUT2D eigenvalue weighted by Crippen LogP contribution is 1.98. The monoisotopic (exact) mass is 322 g/mol. The fourth-order valence-corrected chi connectivity index (χ4v) is 0.980. The Morgan fingerprint density at radius 1 is 0.545 bits per heavy atom. The minimum absolute atomic E-state index is 0.0628. The molecule has 0 aliphatic rings. The first kappa shape index (κ1) is 24.9. The summed E-state index contributed by atoms with van der Waals surface area (Å²) in [5, 5.41) is 32.1. The molecule has 8 heteroatoms. The van der Waals surface area contributed by atoms with Gasteiger partial charge in [-0.05, 0) is 25.7 Å². The first-order chi connectivity index (χ1) is 10.2. The fourth-order valence-electron chi connectivity index (χ4n) is 0.980. The van der Waals surface area contributed by atoms with Gasteiger partial charge in [-0.1, -0.05) is 13.8 Å². The third-order valence-electron chi connectivity index (χ3n) is 1.96. The maximum absolute atomic E-state index is 9.90. The minimum atomic E-state index is -0.870. The van der Waals surface area contributed by atoms with E-state index in [-0.39, 0.29) is 12.8 Å². The zero-order valence-corrected chi connectivity index (χ0v) is 13.1. The maximum Gasteiger partial charge on any atom is 0.303 e. The summed E-state index contributed by atoms with van der Waals surface area (Å²) in [5.74, 6) is -3.16. The van der Waals surface area contributed by atoms with Crippen LogP contribution in [0.25, 0.3) is 0 Å². The topological polar surface area (TPSA) is 149 Å². The number of unbranched alkanes of at least 4 members (excludes halogenated alkanes) is 1. The molecule has 0 amide bonds. The standard InChI is InChI=1S/C6H10O4.2C4H8O2/c7-5(8)3-1-2-4-6(9)10;2*1-2-3-4(5)6/h1-4H2,(H,7,8)(H,9,10);2*2-3H2,1H3,(H,5,6). The van der Waals surface area contributed by atoms with Crippen LogP contribution in [0.1, 0.15) is 65.2 Å². The van der Waals surface area contributed by atoms with Crippen LogP contribution in [0.5, 0.6) is 0 Å². The summed E-state index contributed by atoms with van der Waals surface area (Å²) < 4.78 is 0. The second kappa shape index (κ2) is 18.9. The van der Waals surface area contributed by atoms with Crippen LogP contribution >= 0.6 is 0 Å². The minimum Gasteiger partial charge on any atom is -0.481 e. The van der Waals surface area contributed by atoms with Crippen molar-refractivity contribution in [3.63, 3.8) is 0 Å². The van der Waals surface area contributed by atoms with Gasteiger partial charge in [0.25, 0.3) is 0 Å². The maximum atomic E-state index is 9.90. The van der Waals surface area contributed by atoms with Gasteiger partial charge >= 0.3 is 23.9 Å². The van der Waals surface area contributed by atoms with Crippen LogP contribution in [0.4, 0.5) is 0 Å².